The third kappa shape index (κ3) is 1.77. The molecule has 0 saturated heterocycles. The van der Waals surface area contributed by atoms with Gasteiger partial charge in [-0.3, -0.25) is 0 Å². The number of hydrogen-bond donors (Lipinski definition) is 0. The summed E-state index contributed by atoms with van der Waals surface area (Å²) in [5, 5.41) is 0. The van der Waals surface area contributed by atoms with Gasteiger partial charge in [0.15, 0.2) is 0 Å². The van der Waals surface area contributed by atoms with Crippen molar-refractivity contribution in [2.24, 2.45) is 5.92 Å². The van der Waals surface area contributed by atoms with Crippen LogP contribution in [0.1, 0.15) is 19.3 Å². The average Bonchev–Trinajstić information content (AvgIpc) is 2.42. The predicted molar refractivity (Wildman–Crippen MR) is 31.8 cm³/mol. The highest BCUT2D eigenvalue weighted by Crippen LogP contribution is 2.29. The molecule has 0 aromatic rings. The fraction of sp³-hybridized carbons (Fsp3) is 0.571. The molecule has 0 amide bonds. The Hall–Kier alpha value is -0.260. The molecule has 0 heterocycles. The maximum absolute atomic E-state index is 3.70. The van der Waals surface area contributed by atoms with Crippen LogP contribution in [0.5, 0.6) is 0 Å². The van der Waals surface area contributed by atoms with Crippen molar-refractivity contribution in [2.75, 3.05) is 0 Å². The molecular weight excluding hydrogens is 84.1 g/mol. The molecule has 0 nitrogen and oxygen atoms in total. The summed E-state index contributed by atoms with van der Waals surface area (Å²) in [6, 6.07) is 0. The summed E-state index contributed by atoms with van der Waals surface area (Å²) >= 11 is 0. The normalized spacial score (nSPS) is 21.3. The van der Waals surface area contributed by atoms with E-state index in [1.807, 2.05) is 0 Å². The van der Waals surface area contributed by atoms with E-state index in [0.29, 0.717) is 0 Å². The second-order valence-corrected chi connectivity index (χ2v) is 2.05. The molecule has 1 aliphatic rings. The van der Waals surface area contributed by atoms with E-state index in [4.69, 9.17) is 0 Å². The quantitative estimate of drug-likeness (QED) is 0.461. The highest BCUT2D eigenvalue weighted by Gasteiger charge is 2.16. The first kappa shape index (κ1) is 4.89. The van der Waals surface area contributed by atoms with Crippen molar-refractivity contribution in [1.82, 2.24) is 0 Å². The molecule has 0 bridgehead atoms. The molecule has 1 aliphatic carbocycles. The first-order valence-corrected chi connectivity index (χ1v) is 2.89. The molecule has 0 N–H and O–H groups in total. The molecule has 0 aromatic carbocycles. The number of hydrogen-bond acceptors (Lipinski definition) is 0. The predicted octanol–water partition coefficient (Wildman–Crippen LogP) is 2.18. The summed E-state index contributed by atoms with van der Waals surface area (Å²) in [7, 11) is 0. The first-order valence-electron chi connectivity index (χ1n) is 2.89. The van der Waals surface area contributed by atoms with E-state index in [2.05, 4.69) is 19.1 Å². The largest absolute Gasteiger partial charge is 0.0883 e. The van der Waals surface area contributed by atoms with E-state index >= 15 is 0 Å². The summed E-state index contributed by atoms with van der Waals surface area (Å²) in [5.41, 5.74) is 0. The highest BCUT2D eigenvalue weighted by molar-refractivity contribution is 4.95. The van der Waals surface area contributed by atoms with Crippen LogP contribution in [-0.4, -0.2) is 0 Å². The van der Waals surface area contributed by atoms with E-state index < -0.39 is 0 Å². The lowest BCUT2D eigenvalue weighted by Gasteiger charge is -1.75. The molecule has 39 valence electrons. The van der Waals surface area contributed by atoms with Gasteiger partial charge < -0.3 is 0 Å². The number of allylic oxidation sites excluding steroid dienone is 2. The zero-order valence-electron chi connectivity index (χ0n) is 4.56. The second kappa shape index (κ2) is 2.15. The van der Waals surface area contributed by atoms with Gasteiger partial charge in [0.25, 0.3) is 0 Å². The van der Waals surface area contributed by atoms with Gasteiger partial charge in [-0.05, 0) is 32.1 Å². The molecule has 1 saturated carbocycles. The van der Waals surface area contributed by atoms with Gasteiger partial charge in [-0.2, -0.15) is 0 Å². The van der Waals surface area contributed by atoms with Crippen molar-refractivity contribution in [1.29, 1.82) is 0 Å². The summed E-state index contributed by atoms with van der Waals surface area (Å²) in [6.45, 7) is 3.70. The van der Waals surface area contributed by atoms with E-state index in [1.54, 1.807) is 0 Å². The van der Waals surface area contributed by atoms with Crippen LogP contribution in [0.4, 0.5) is 0 Å². The standard InChI is InChI=1S/C7H11/c1-2-3-4-7-5-6-7/h3-4,7H,1-2,5-6H2. The Kier molecular flexibility index (Phi) is 1.50. The highest BCUT2D eigenvalue weighted by atomic mass is 14.2. The third-order valence-electron chi connectivity index (χ3n) is 1.20. The van der Waals surface area contributed by atoms with Gasteiger partial charge in [0.05, 0.1) is 0 Å². The Balaban J connectivity index is 2.05. The van der Waals surface area contributed by atoms with Crippen LogP contribution < -0.4 is 0 Å². The van der Waals surface area contributed by atoms with Crippen LogP contribution in [0.25, 0.3) is 0 Å². The minimum atomic E-state index is 0.932. The lowest BCUT2D eigenvalue weighted by molar-refractivity contribution is 1.11. The van der Waals surface area contributed by atoms with Crippen LogP contribution in [0.2, 0.25) is 0 Å². The Bertz CT molecular complexity index is 68.1. The molecule has 0 aliphatic heterocycles. The van der Waals surface area contributed by atoms with Gasteiger partial charge >= 0.3 is 0 Å². The van der Waals surface area contributed by atoms with Crippen molar-refractivity contribution in [3.63, 3.8) is 0 Å². The van der Waals surface area contributed by atoms with E-state index in [0.717, 1.165) is 12.3 Å². The molecule has 0 unspecified atom stereocenters. The molecule has 0 spiro atoms. The minimum Gasteiger partial charge on any atom is -0.0883 e. The summed E-state index contributed by atoms with van der Waals surface area (Å²) in [5.74, 6) is 0.932. The van der Waals surface area contributed by atoms with Gasteiger partial charge in [0.2, 0.25) is 0 Å². The Morgan fingerprint density at radius 2 is 2.29 bits per heavy atom. The molecule has 0 heteroatoms. The van der Waals surface area contributed by atoms with Gasteiger partial charge in [-0.25, -0.2) is 0 Å². The van der Waals surface area contributed by atoms with Gasteiger partial charge in [0.1, 0.15) is 0 Å². The first-order chi connectivity index (χ1) is 3.43. The maximum Gasteiger partial charge on any atom is -0.0233 e. The maximum atomic E-state index is 3.70. The van der Waals surface area contributed by atoms with Crippen molar-refractivity contribution in [2.45, 2.75) is 19.3 Å². The summed E-state index contributed by atoms with van der Waals surface area (Å²) < 4.78 is 0. The van der Waals surface area contributed by atoms with Crippen molar-refractivity contribution >= 4 is 0 Å². The van der Waals surface area contributed by atoms with E-state index in [1.165, 1.54) is 12.8 Å². The van der Waals surface area contributed by atoms with Crippen LogP contribution >= 0.6 is 0 Å². The lowest BCUT2D eigenvalue weighted by Crippen LogP contribution is -1.59. The molecule has 0 atom stereocenters. The summed E-state index contributed by atoms with van der Waals surface area (Å²) in [4.78, 5) is 0. The van der Waals surface area contributed by atoms with Crippen LogP contribution in [0.15, 0.2) is 12.2 Å². The summed E-state index contributed by atoms with van der Waals surface area (Å²) in [6.07, 6.45) is 8.20. The third-order valence-corrected chi connectivity index (χ3v) is 1.20. The fourth-order valence-corrected chi connectivity index (χ4v) is 0.577. The zero-order chi connectivity index (χ0) is 5.11. The molecule has 7 heavy (non-hydrogen) atoms. The van der Waals surface area contributed by atoms with Gasteiger partial charge in [-0.15, -0.1) is 0 Å². The topological polar surface area (TPSA) is 0 Å². The minimum absolute atomic E-state index is 0.932. The van der Waals surface area contributed by atoms with E-state index in [-0.39, 0.29) is 0 Å². The fourth-order valence-electron chi connectivity index (χ4n) is 0.577. The molecule has 1 radical (unpaired) electrons. The van der Waals surface area contributed by atoms with Crippen LogP contribution in [-0.2, 0) is 0 Å². The molecule has 1 fully saturated rings. The van der Waals surface area contributed by atoms with Crippen LogP contribution in [0, 0.1) is 12.8 Å². The smallest absolute Gasteiger partial charge is 0.0233 e. The lowest BCUT2D eigenvalue weighted by atomic mass is 10.3. The SMILES string of the molecule is [CH2]CC=CC1CC1. The molecule has 1 rings (SSSR count). The zero-order valence-corrected chi connectivity index (χ0v) is 4.56. The van der Waals surface area contributed by atoms with Crippen LogP contribution in [0.3, 0.4) is 0 Å². The molecule has 0 aromatic heterocycles. The van der Waals surface area contributed by atoms with E-state index in [9.17, 15) is 0 Å². The average molecular weight is 95.2 g/mol. The van der Waals surface area contributed by atoms with Gasteiger partial charge in [-0.1, -0.05) is 12.2 Å². The monoisotopic (exact) mass is 95.1 g/mol. The molecular formula is C7H11. The second-order valence-electron chi connectivity index (χ2n) is 2.05. The Labute approximate surface area is 45.2 Å². The van der Waals surface area contributed by atoms with Crippen molar-refractivity contribution < 1.29 is 0 Å². The number of rotatable bonds is 2. The van der Waals surface area contributed by atoms with Gasteiger partial charge in [0, 0.05) is 0 Å². The Morgan fingerprint density at radius 1 is 1.57 bits per heavy atom. The Morgan fingerprint density at radius 3 is 2.71 bits per heavy atom. The van der Waals surface area contributed by atoms with Crippen molar-refractivity contribution in [3.8, 4) is 0 Å². The van der Waals surface area contributed by atoms with Crippen molar-refractivity contribution in [3.05, 3.63) is 19.1 Å².